The molecule has 0 saturated carbocycles. The normalized spacial score (nSPS) is 16.9. The van der Waals surface area contributed by atoms with Gasteiger partial charge in [-0.1, -0.05) is 18.2 Å². The fourth-order valence-electron chi connectivity index (χ4n) is 4.77. The number of nitrogens with one attached hydrogen (secondary N) is 1. The number of rotatable bonds is 8. The van der Waals surface area contributed by atoms with Crippen LogP contribution in [0.25, 0.3) is 0 Å². The number of morpholine rings is 1. The maximum absolute atomic E-state index is 12.8. The number of hydrogen-bond acceptors (Lipinski definition) is 7. The van der Waals surface area contributed by atoms with Gasteiger partial charge in [-0.05, 0) is 68.5 Å². The van der Waals surface area contributed by atoms with Crippen LogP contribution in [0.4, 0.5) is 24.5 Å². The number of aromatic carboxylic acids is 1. The van der Waals surface area contributed by atoms with E-state index >= 15 is 0 Å². The van der Waals surface area contributed by atoms with Gasteiger partial charge in [0.05, 0.1) is 29.4 Å². The van der Waals surface area contributed by atoms with Gasteiger partial charge in [0.25, 0.3) is 10.0 Å². The number of halogens is 3. The van der Waals surface area contributed by atoms with Crippen molar-refractivity contribution >= 4 is 33.3 Å². The topological polar surface area (TPSA) is 136 Å². The monoisotopic (exact) mass is 601 g/mol. The molecule has 0 bridgehead atoms. The second-order valence-corrected chi connectivity index (χ2v) is 11.5. The molecule has 4 rings (SSSR count). The quantitative estimate of drug-likeness (QED) is 0.409. The summed E-state index contributed by atoms with van der Waals surface area (Å²) >= 11 is 0. The van der Waals surface area contributed by atoms with Crippen LogP contribution in [0, 0.1) is 12.8 Å². The van der Waals surface area contributed by atoms with Crippen LogP contribution in [0.5, 0.6) is 0 Å². The van der Waals surface area contributed by atoms with E-state index in [0.717, 1.165) is 65.2 Å². The summed E-state index contributed by atoms with van der Waals surface area (Å²) in [6, 6.07) is 11.5. The lowest BCUT2D eigenvalue weighted by atomic mass is 9.92. The Morgan fingerprint density at radius 3 is 2.20 bits per heavy atom. The van der Waals surface area contributed by atoms with Gasteiger partial charge in [0.1, 0.15) is 0 Å². The Hall–Kier alpha value is -3.36. The molecule has 0 radical (unpaired) electrons. The lowest BCUT2D eigenvalue weighted by Crippen LogP contribution is -2.39. The van der Waals surface area contributed by atoms with Crippen LogP contribution in [-0.2, 0) is 19.6 Å². The van der Waals surface area contributed by atoms with E-state index in [2.05, 4.69) is 14.5 Å². The molecule has 0 unspecified atom stereocenters. The Bertz CT molecular complexity index is 1310. The second kappa shape index (κ2) is 14.0. The number of hydrogen-bond donors (Lipinski definition) is 3. The standard InChI is InChI=1S/C25H33N3O5S.C2HF3O2/c1-19-4-2-3-5-24(19)34(31,32)26-21-6-7-23(22(18-21)25(29)30)28-12-9-20(10-13-28)8-11-27-14-16-33-17-15-27;3-2(4,5)1(6)7/h2-7,18,20,26H,8-17H2,1H3,(H,29,30);(H,6,7). The molecule has 2 aromatic carbocycles. The first-order valence-corrected chi connectivity index (χ1v) is 14.6. The SMILES string of the molecule is Cc1ccccc1S(=O)(=O)Nc1ccc(N2CCC(CCN3CCOCC3)CC2)c(C(=O)O)c1.O=C(O)C(F)(F)F. The van der Waals surface area contributed by atoms with Gasteiger partial charge >= 0.3 is 18.1 Å². The predicted molar refractivity (Wildman–Crippen MR) is 146 cm³/mol. The molecule has 2 aliphatic heterocycles. The number of alkyl halides is 3. The van der Waals surface area contributed by atoms with Crippen molar-refractivity contribution in [3.63, 3.8) is 0 Å². The number of sulfonamides is 1. The maximum Gasteiger partial charge on any atom is 0.490 e. The lowest BCUT2D eigenvalue weighted by molar-refractivity contribution is -0.192. The summed E-state index contributed by atoms with van der Waals surface area (Å²) in [6.45, 7) is 8.03. The minimum atomic E-state index is -5.08. The van der Waals surface area contributed by atoms with Gasteiger partial charge in [0.15, 0.2) is 0 Å². The van der Waals surface area contributed by atoms with E-state index in [9.17, 15) is 31.5 Å². The van der Waals surface area contributed by atoms with Gasteiger partial charge in [-0.15, -0.1) is 0 Å². The highest BCUT2D eigenvalue weighted by atomic mass is 32.2. The van der Waals surface area contributed by atoms with Crippen LogP contribution in [0.15, 0.2) is 47.4 Å². The molecular weight excluding hydrogens is 567 g/mol. The van der Waals surface area contributed by atoms with Crippen molar-refractivity contribution in [3.8, 4) is 0 Å². The summed E-state index contributed by atoms with van der Waals surface area (Å²) in [4.78, 5) is 25.7. The fraction of sp³-hybridized carbons (Fsp3) is 0.481. The highest BCUT2D eigenvalue weighted by Gasteiger charge is 2.38. The number of carbonyl (C=O) groups is 2. The van der Waals surface area contributed by atoms with E-state index < -0.39 is 28.1 Å². The molecule has 10 nitrogen and oxygen atoms in total. The number of carboxylic acids is 2. The van der Waals surface area contributed by atoms with Crippen LogP contribution in [0.2, 0.25) is 0 Å². The number of aryl methyl sites for hydroxylation is 1. The van der Waals surface area contributed by atoms with Crippen LogP contribution in [0.3, 0.4) is 0 Å². The van der Waals surface area contributed by atoms with Gasteiger partial charge in [-0.3, -0.25) is 9.62 Å². The lowest BCUT2D eigenvalue weighted by Gasteiger charge is -2.35. The Kier molecular flexibility index (Phi) is 11.0. The smallest absolute Gasteiger partial charge is 0.478 e. The Morgan fingerprint density at radius 2 is 1.63 bits per heavy atom. The molecule has 3 N–H and O–H groups in total. The molecule has 2 aromatic rings. The van der Waals surface area contributed by atoms with Crippen LogP contribution >= 0.6 is 0 Å². The average Bonchev–Trinajstić information content (AvgIpc) is 2.92. The molecule has 2 heterocycles. The highest BCUT2D eigenvalue weighted by molar-refractivity contribution is 7.92. The van der Waals surface area contributed by atoms with Crippen LogP contribution in [-0.4, -0.2) is 87.6 Å². The molecule has 0 amide bonds. The first-order valence-electron chi connectivity index (χ1n) is 13.1. The third-order valence-corrected chi connectivity index (χ3v) is 8.56. The number of anilines is 2. The van der Waals surface area contributed by atoms with E-state index in [0.29, 0.717) is 17.2 Å². The Morgan fingerprint density at radius 1 is 1.02 bits per heavy atom. The zero-order chi connectivity index (χ0) is 30.2. The van der Waals surface area contributed by atoms with Gasteiger partial charge in [-0.2, -0.15) is 13.2 Å². The highest BCUT2D eigenvalue weighted by Crippen LogP contribution is 2.31. The molecule has 226 valence electrons. The molecular formula is C27H34F3N3O7S. The molecule has 2 fully saturated rings. The number of nitrogens with zero attached hydrogens (tertiary/aromatic N) is 2. The van der Waals surface area contributed by atoms with E-state index in [1.54, 1.807) is 37.3 Å². The van der Waals surface area contributed by atoms with Crippen molar-refractivity contribution in [3.05, 3.63) is 53.6 Å². The third kappa shape index (κ3) is 9.33. The molecule has 14 heteroatoms. The summed E-state index contributed by atoms with van der Waals surface area (Å²) in [5.74, 6) is -3.19. The molecule has 41 heavy (non-hydrogen) atoms. The summed E-state index contributed by atoms with van der Waals surface area (Å²) in [7, 11) is -3.82. The summed E-state index contributed by atoms with van der Waals surface area (Å²) in [5, 5.41) is 17.0. The maximum atomic E-state index is 12.8. The minimum absolute atomic E-state index is 0.108. The van der Waals surface area contributed by atoms with E-state index in [-0.39, 0.29) is 16.1 Å². The van der Waals surface area contributed by atoms with E-state index in [1.165, 1.54) is 12.1 Å². The van der Waals surface area contributed by atoms with Crippen LogP contribution < -0.4 is 9.62 Å². The number of benzene rings is 2. The van der Waals surface area contributed by atoms with E-state index in [1.807, 2.05) is 0 Å². The molecule has 0 atom stereocenters. The van der Waals surface area contributed by atoms with Crippen molar-refractivity contribution in [2.24, 2.45) is 5.92 Å². The van der Waals surface area contributed by atoms with Crippen molar-refractivity contribution in [1.29, 1.82) is 0 Å². The third-order valence-electron chi connectivity index (χ3n) is 7.02. The zero-order valence-corrected chi connectivity index (χ0v) is 23.4. The number of piperidine rings is 1. The van der Waals surface area contributed by atoms with Crippen molar-refractivity contribution in [2.45, 2.75) is 37.3 Å². The molecule has 0 spiro atoms. The summed E-state index contributed by atoms with van der Waals surface area (Å²) < 4.78 is 65.3. The number of carboxylic acid groups (broad SMARTS) is 2. The van der Waals surface area contributed by atoms with Gasteiger partial charge in [-0.25, -0.2) is 18.0 Å². The number of ether oxygens (including phenoxy) is 1. The predicted octanol–water partition coefficient (Wildman–Crippen LogP) is 4.07. The summed E-state index contributed by atoms with van der Waals surface area (Å²) in [6.07, 6.45) is -1.89. The van der Waals surface area contributed by atoms with Crippen molar-refractivity contribution in [2.75, 3.05) is 55.6 Å². The van der Waals surface area contributed by atoms with Gasteiger partial charge in [0, 0.05) is 31.9 Å². The molecule has 2 aliphatic rings. The van der Waals surface area contributed by atoms with Gasteiger partial charge in [0.2, 0.25) is 0 Å². The Balaban J connectivity index is 0.000000587. The van der Waals surface area contributed by atoms with Crippen LogP contribution in [0.1, 0.15) is 35.2 Å². The van der Waals surface area contributed by atoms with Gasteiger partial charge < -0.3 is 19.8 Å². The number of aliphatic carboxylic acids is 1. The molecule has 0 aromatic heterocycles. The first-order chi connectivity index (χ1) is 19.3. The average molecular weight is 602 g/mol. The fourth-order valence-corrected chi connectivity index (χ4v) is 6.06. The van der Waals surface area contributed by atoms with Crippen molar-refractivity contribution < 1.29 is 46.1 Å². The largest absolute Gasteiger partial charge is 0.490 e. The van der Waals surface area contributed by atoms with E-state index in [4.69, 9.17) is 14.6 Å². The zero-order valence-electron chi connectivity index (χ0n) is 22.6. The minimum Gasteiger partial charge on any atom is -0.478 e. The Labute approximate surface area is 236 Å². The van der Waals surface area contributed by atoms with Crippen molar-refractivity contribution in [1.82, 2.24) is 4.90 Å². The second-order valence-electron chi connectivity index (χ2n) is 9.88. The molecule has 2 saturated heterocycles. The summed E-state index contributed by atoms with van der Waals surface area (Å²) in [5.41, 5.74) is 1.61. The first kappa shape index (κ1) is 32.2. The molecule has 0 aliphatic carbocycles.